The molecule has 0 saturated carbocycles. The predicted octanol–water partition coefficient (Wildman–Crippen LogP) is 4.64. The Morgan fingerprint density at radius 1 is 1.18 bits per heavy atom. The van der Waals surface area contributed by atoms with Gasteiger partial charge in [0.2, 0.25) is 0 Å². The number of rotatable bonds is 4. The number of nitrogens with zero attached hydrogens (tertiary/aromatic N) is 3. The highest BCUT2D eigenvalue weighted by Gasteiger charge is 2.26. The van der Waals surface area contributed by atoms with Gasteiger partial charge in [0.25, 0.3) is 5.91 Å². The molecule has 3 heterocycles. The lowest BCUT2D eigenvalue weighted by molar-refractivity contribution is 0.102. The summed E-state index contributed by atoms with van der Waals surface area (Å²) in [5.74, 6) is 1.19. The van der Waals surface area contributed by atoms with E-state index in [-0.39, 0.29) is 5.91 Å². The first-order valence-corrected chi connectivity index (χ1v) is 10.0. The van der Waals surface area contributed by atoms with E-state index in [1.807, 2.05) is 54.1 Å². The number of aromatic nitrogens is 3. The highest BCUT2D eigenvalue weighted by molar-refractivity contribution is 7.15. The van der Waals surface area contributed by atoms with E-state index in [9.17, 15) is 4.79 Å². The molecular weight excluding hydrogens is 372 g/mol. The number of benzene rings is 1. The van der Waals surface area contributed by atoms with Crippen LogP contribution in [0.15, 0.2) is 53.1 Å². The minimum absolute atomic E-state index is 0.224. The van der Waals surface area contributed by atoms with Crippen LogP contribution < -0.4 is 5.32 Å². The second-order valence-electron chi connectivity index (χ2n) is 6.73. The molecular formula is C21H18N4O2S. The zero-order chi connectivity index (χ0) is 19.1. The van der Waals surface area contributed by atoms with Crippen LogP contribution in [0.2, 0.25) is 0 Å². The average Bonchev–Trinajstić information content (AvgIpc) is 3.47. The van der Waals surface area contributed by atoms with Crippen molar-refractivity contribution >= 4 is 23.1 Å². The summed E-state index contributed by atoms with van der Waals surface area (Å²) in [6.45, 7) is 1.90. The fourth-order valence-corrected chi connectivity index (χ4v) is 4.43. The van der Waals surface area contributed by atoms with Gasteiger partial charge in [-0.1, -0.05) is 18.2 Å². The van der Waals surface area contributed by atoms with Gasteiger partial charge in [-0.3, -0.25) is 4.79 Å². The Hall–Kier alpha value is -3.19. The van der Waals surface area contributed by atoms with Gasteiger partial charge in [0, 0.05) is 10.4 Å². The maximum atomic E-state index is 13.1. The van der Waals surface area contributed by atoms with Crippen LogP contribution in [-0.2, 0) is 12.8 Å². The molecule has 0 saturated heterocycles. The Kier molecular flexibility index (Phi) is 4.09. The van der Waals surface area contributed by atoms with E-state index >= 15 is 0 Å². The fourth-order valence-electron chi connectivity index (χ4n) is 3.56. The monoisotopic (exact) mass is 390 g/mol. The summed E-state index contributed by atoms with van der Waals surface area (Å²) >= 11 is 1.45. The molecule has 1 aliphatic rings. The number of aryl methyl sites for hydroxylation is 2. The number of carbonyl (C=O) groups is 1. The third-order valence-corrected chi connectivity index (χ3v) is 5.87. The number of hydrogen-bond donors (Lipinski definition) is 1. The molecule has 1 amide bonds. The summed E-state index contributed by atoms with van der Waals surface area (Å²) in [6.07, 6.45) is 4.53. The van der Waals surface area contributed by atoms with Crippen molar-refractivity contribution in [1.29, 1.82) is 0 Å². The summed E-state index contributed by atoms with van der Waals surface area (Å²) in [4.78, 5) is 18.4. The third kappa shape index (κ3) is 2.84. The largest absolute Gasteiger partial charge is 0.462 e. The van der Waals surface area contributed by atoms with Gasteiger partial charge in [0.1, 0.15) is 11.5 Å². The number of furan rings is 1. The van der Waals surface area contributed by atoms with Crippen LogP contribution in [0.3, 0.4) is 0 Å². The molecule has 0 spiro atoms. The molecule has 4 aromatic rings. The Morgan fingerprint density at radius 3 is 2.82 bits per heavy atom. The quantitative estimate of drug-likeness (QED) is 0.551. The Morgan fingerprint density at radius 2 is 2.04 bits per heavy atom. The SMILES string of the molecule is Cc1sc(-c2ccco2)nc1C(=O)Nc1c2c(nn1-c1ccccc1)CCC2. The fraction of sp³-hybridized carbons (Fsp3) is 0.190. The van der Waals surface area contributed by atoms with E-state index in [0.29, 0.717) is 16.5 Å². The molecule has 5 rings (SSSR count). The maximum absolute atomic E-state index is 13.1. The van der Waals surface area contributed by atoms with Crippen LogP contribution >= 0.6 is 11.3 Å². The van der Waals surface area contributed by atoms with Crippen LogP contribution in [-0.4, -0.2) is 20.7 Å². The van der Waals surface area contributed by atoms with Gasteiger partial charge in [-0.25, -0.2) is 9.67 Å². The van der Waals surface area contributed by atoms with Crippen molar-refractivity contribution in [3.05, 3.63) is 70.6 Å². The molecule has 140 valence electrons. The molecule has 6 nitrogen and oxygen atoms in total. The van der Waals surface area contributed by atoms with E-state index in [0.717, 1.165) is 46.9 Å². The van der Waals surface area contributed by atoms with E-state index in [1.165, 1.54) is 11.3 Å². The normalized spacial score (nSPS) is 12.9. The van der Waals surface area contributed by atoms with Gasteiger partial charge in [-0.05, 0) is 50.5 Å². The van der Waals surface area contributed by atoms with Crippen LogP contribution in [0.5, 0.6) is 0 Å². The minimum Gasteiger partial charge on any atom is -0.462 e. The number of hydrogen-bond acceptors (Lipinski definition) is 5. The van der Waals surface area contributed by atoms with E-state index < -0.39 is 0 Å². The third-order valence-electron chi connectivity index (χ3n) is 4.88. The second-order valence-corrected chi connectivity index (χ2v) is 7.93. The Balaban J connectivity index is 1.51. The molecule has 0 atom stereocenters. The zero-order valence-corrected chi connectivity index (χ0v) is 16.1. The smallest absolute Gasteiger partial charge is 0.276 e. The van der Waals surface area contributed by atoms with Gasteiger partial charge < -0.3 is 9.73 Å². The molecule has 0 fully saturated rings. The van der Waals surface area contributed by atoms with Crippen LogP contribution in [0.25, 0.3) is 16.5 Å². The van der Waals surface area contributed by atoms with Gasteiger partial charge in [-0.2, -0.15) is 5.10 Å². The van der Waals surface area contributed by atoms with Crippen molar-refractivity contribution < 1.29 is 9.21 Å². The van der Waals surface area contributed by atoms with Gasteiger partial charge >= 0.3 is 0 Å². The number of carbonyl (C=O) groups excluding carboxylic acids is 1. The topological polar surface area (TPSA) is 73.0 Å². The number of nitrogens with one attached hydrogen (secondary N) is 1. The standard InChI is InChI=1S/C21H18N4O2S/c1-13-18(22-21(28-13)17-11-6-12-27-17)20(26)23-19-15-9-5-10-16(15)24-25(19)14-7-3-2-4-8-14/h2-4,6-8,11-12H,5,9-10H2,1H3,(H,23,26). The molecule has 3 aromatic heterocycles. The predicted molar refractivity (Wildman–Crippen MR) is 108 cm³/mol. The van der Waals surface area contributed by atoms with Gasteiger partial charge in [0.05, 0.1) is 17.6 Å². The van der Waals surface area contributed by atoms with Crippen molar-refractivity contribution in [2.75, 3.05) is 5.32 Å². The summed E-state index contributed by atoms with van der Waals surface area (Å²) in [5.41, 5.74) is 3.53. The van der Waals surface area contributed by atoms with Crippen molar-refractivity contribution in [2.24, 2.45) is 0 Å². The lowest BCUT2D eigenvalue weighted by atomic mass is 10.2. The summed E-state index contributed by atoms with van der Waals surface area (Å²) in [7, 11) is 0. The van der Waals surface area contributed by atoms with Crippen molar-refractivity contribution in [1.82, 2.24) is 14.8 Å². The molecule has 28 heavy (non-hydrogen) atoms. The lowest BCUT2D eigenvalue weighted by Crippen LogP contribution is -2.17. The molecule has 0 radical (unpaired) electrons. The summed E-state index contributed by atoms with van der Waals surface area (Å²) in [6, 6.07) is 13.5. The molecule has 1 aliphatic carbocycles. The molecule has 1 N–H and O–H groups in total. The van der Waals surface area contributed by atoms with Gasteiger partial charge in [-0.15, -0.1) is 11.3 Å². The van der Waals surface area contributed by atoms with E-state index in [1.54, 1.807) is 6.26 Å². The lowest BCUT2D eigenvalue weighted by Gasteiger charge is -2.10. The van der Waals surface area contributed by atoms with Crippen molar-refractivity contribution in [2.45, 2.75) is 26.2 Å². The number of amides is 1. The van der Waals surface area contributed by atoms with Crippen LogP contribution in [0.4, 0.5) is 5.82 Å². The molecule has 7 heteroatoms. The zero-order valence-electron chi connectivity index (χ0n) is 15.3. The van der Waals surface area contributed by atoms with Crippen LogP contribution in [0.1, 0.15) is 33.0 Å². The van der Waals surface area contributed by atoms with Crippen molar-refractivity contribution in [3.8, 4) is 16.5 Å². The van der Waals surface area contributed by atoms with Crippen LogP contribution in [0, 0.1) is 6.92 Å². The molecule has 0 aliphatic heterocycles. The summed E-state index contributed by atoms with van der Waals surface area (Å²) in [5, 5.41) is 8.53. The second kappa shape index (κ2) is 6.76. The van der Waals surface area contributed by atoms with Gasteiger partial charge in [0.15, 0.2) is 10.8 Å². The first kappa shape index (κ1) is 16.9. The maximum Gasteiger partial charge on any atom is 0.276 e. The molecule has 0 unspecified atom stereocenters. The highest BCUT2D eigenvalue weighted by Crippen LogP contribution is 2.32. The molecule has 1 aromatic carbocycles. The first-order chi connectivity index (χ1) is 13.7. The number of fused-ring (bicyclic) bond motifs is 1. The van der Waals surface area contributed by atoms with E-state index in [2.05, 4.69) is 10.3 Å². The van der Waals surface area contributed by atoms with Crippen molar-refractivity contribution in [3.63, 3.8) is 0 Å². The Bertz CT molecular complexity index is 1140. The number of thiazole rings is 1. The number of para-hydroxylation sites is 1. The average molecular weight is 390 g/mol. The number of anilines is 1. The van der Waals surface area contributed by atoms with E-state index in [4.69, 9.17) is 9.52 Å². The Labute approximate surface area is 165 Å². The minimum atomic E-state index is -0.224. The molecule has 0 bridgehead atoms. The summed E-state index contributed by atoms with van der Waals surface area (Å²) < 4.78 is 7.24. The first-order valence-electron chi connectivity index (χ1n) is 9.19. The highest BCUT2D eigenvalue weighted by atomic mass is 32.1.